The number of fused-ring (bicyclic) bond motifs is 6. The second-order valence-electron chi connectivity index (χ2n) is 6.65. The van der Waals surface area contributed by atoms with Crippen molar-refractivity contribution in [2.45, 2.75) is 0 Å². The second-order valence-corrected chi connectivity index (χ2v) is 6.65. The van der Waals surface area contributed by atoms with Crippen LogP contribution in [0.25, 0.3) is 44.8 Å². The largest absolute Gasteiger partial charge is 0.0616 e. The van der Waals surface area contributed by atoms with Gasteiger partial charge < -0.3 is 0 Å². The predicted molar refractivity (Wildman–Crippen MR) is 102 cm³/mol. The molecule has 24 heavy (non-hydrogen) atoms. The summed E-state index contributed by atoms with van der Waals surface area (Å²) < 4.78 is 0. The molecule has 0 amide bonds. The molecular weight excluding hydrogens is 288 g/mol. The zero-order chi connectivity index (χ0) is 15.7. The molecule has 0 saturated heterocycles. The third-order valence-electron chi connectivity index (χ3n) is 5.33. The van der Waals surface area contributed by atoms with Crippen molar-refractivity contribution in [3.05, 3.63) is 93.7 Å². The number of rotatable bonds is 0. The summed E-state index contributed by atoms with van der Waals surface area (Å²) in [5.74, 6) is 0. The first-order valence-corrected chi connectivity index (χ1v) is 8.37. The Kier molecular flexibility index (Phi) is 2.18. The maximum absolute atomic E-state index is 2.37. The summed E-state index contributed by atoms with van der Waals surface area (Å²) in [5, 5.41) is 10.7. The molecule has 0 fully saturated rings. The molecule has 0 heteroatoms. The topological polar surface area (TPSA) is 0 Å². The van der Waals surface area contributed by atoms with Crippen LogP contribution in [0.15, 0.2) is 72.8 Å². The summed E-state index contributed by atoms with van der Waals surface area (Å²) >= 11 is 0. The number of benzene rings is 4. The van der Waals surface area contributed by atoms with E-state index < -0.39 is 0 Å². The molecule has 0 heterocycles. The highest BCUT2D eigenvalue weighted by Crippen LogP contribution is 2.22. The van der Waals surface area contributed by atoms with E-state index >= 15 is 0 Å². The van der Waals surface area contributed by atoms with Crippen LogP contribution in [0.4, 0.5) is 0 Å². The van der Waals surface area contributed by atoms with Crippen molar-refractivity contribution in [1.82, 2.24) is 0 Å². The SMILES string of the molecule is C1=c2cc3ccccc3cc2=C2C=c3ccc4ccccc4c3=C12. The van der Waals surface area contributed by atoms with Crippen LogP contribution in [0.2, 0.25) is 0 Å². The van der Waals surface area contributed by atoms with E-state index in [0.717, 1.165) is 0 Å². The molecule has 0 radical (unpaired) electrons. The van der Waals surface area contributed by atoms with Crippen LogP contribution in [-0.2, 0) is 0 Å². The lowest BCUT2D eigenvalue weighted by Gasteiger charge is -1.99. The lowest BCUT2D eigenvalue weighted by Crippen LogP contribution is -2.24. The molecule has 4 aromatic rings. The van der Waals surface area contributed by atoms with Gasteiger partial charge in [-0.15, -0.1) is 0 Å². The maximum atomic E-state index is 2.37. The summed E-state index contributed by atoms with van der Waals surface area (Å²) in [7, 11) is 0. The Bertz CT molecular complexity index is 1430. The zero-order valence-corrected chi connectivity index (χ0v) is 13.1. The van der Waals surface area contributed by atoms with Crippen LogP contribution in [0.3, 0.4) is 0 Å². The van der Waals surface area contributed by atoms with Gasteiger partial charge >= 0.3 is 0 Å². The average molecular weight is 302 g/mol. The molecule has 0 aliphatic heterocycles. The van der Waals surface area contributed by atoms with Gasteiger partial charge in [-0.3, -0.25) is 0 Å². The third-order valence-corrected chi connectivity index (χ3v) is 5.33. The van der Waals surface area contributed by atoms with Gasteiger partial charge in [0.15, 0.2) is 0 Å². The fraction of sp³-hybridized carbons (Fsp3) is 0. The lowest BCUT2D eigenvalue weighted by molar-refractivity contribution is 1.58. The highest BCUT2D eigenvalue weighted by molar-refractivity contribution is 6.20. The number of hydrogen-bond acceptors (Lipinski definition) is 0. The van der Waals surface area contributed by atoms with Crippen molar-refractivity contribution in [2.24, 2.45) is 0 Å². The summed E-state index contributed by atoms with van der Waals surface area (Å²) in [6, 6.07) is 26.5. The molecule has 0 nitrogen and oxygen atoms in total. The van der Waals surface area contributed by atoms with Crippen LogP contribution in [0, 0.1) is 0 Å². The fourth-order valence-corrected chi connectivity index (χ4v) is 4.22. The molecule has 0 spiro atoms. The van der Waals surface area contributed by atoms with E-state index in [0.29, 0.717) is 0 Å². The van der Waals surface area contributed by atoms with Crippen LogP contribution in [0.5, 0.6) is 0 Å². The van der Waals surface area contributed by atoms with Crippen molar-refractivity contribution < 1.29 is 0 Å². The van der Waals surface area contributed by atoms with Gasteiger partial charge in [-0.2, -0.15) is 0 Å². The Labute approximate surface area is 139 Å². The Morgan fingerprint density at radius 3 is 2.08 bits per heavy atom. The molecule has 2 aliphatic carbocycles. The van der Waals surface area contributed by atoms with Gasteiger partial charge in [0, 0.05) is 0 Å². The Morgan fingerprint density at radius 1 is 0.500 bits per heavy atom. The molecule has 0 aromatic heterocycles. The Balaban J connectivity index is 1.87. The third kappa shape index (κ3) is 1.48. The zero-order valence-electron chi connectivity index (χ0n) is 13.1. The summed E-state index contributed by atoms with van der Waals surface area (Å²) in [6.45, 7) is 0. The molecule has 0 N–H and O–H groups in total. The minimum absolute atomic E-state index is 1.31. The normalized spacial score (nSPS) is 14.3. The molecule has 0 unspecified atom stereocenters. The molecule has 0 saturated carbocycles. The minimum atomic E-state index is 1.31. The van der Waals surface area contributed by atoms with Crippen molar-refractivity contribution in [3.8, 4) is 0 Å². The monoisotopic (exact) mass is 302 g/mol. The van der Waals surface area contributed by atoms with Crippen LogP contribution < -0.4 is 20.9 Å². The molecule has 2 aliphatic rings. The predicted octanol–water partition coefficient (Wildman–Crippen LogP) is 2.58. The molecule has 4 aromatic carbocycles. The first-order valence-electron chi connectivity index (χ1n) is 8.37. The van der Waals surface area contributed by atoms with Gasteiger partial charge in [-0.1, -0.05) is 60.7 Å². The smallest absolute Gasteiger partial charge is 0.00262 e. The van der Waals surface area contributed by atoms with Crippen LogP contribution >= 0.6 is 0 Å². The van der Waals surface area contributed by atoms with E-state index in [1.54, 1.807) is 0 Å². The van der Waals surface area contributed by atoms with Crippen molar-refractivity contribution in [1.29, 1.82) is 0 Å². The summed E-state index contributed by atoms with van der Waals surface area (Å²) in [4.78, 5) is 0. The van der Waals surface area contributed by atoms with Crippen molar-refractivity contribution in [3.63, 3.8) is 0 Å². The summed E-state index contributed by atoms with van der Waals surface area (Å²) in [6.07, 6.45) is 4.72. The molecular formula is C24H14. The summed E-state index contributed by atoms with van der Waals surface area (Å²) in [5.41, 5.74) is 2.76. The maximum Gasteiger partial charge on any atom is -0.00262 e. The van der Waals surface area contributed by atoms with E-state index in [1.807, 2.05) is 0 Å². The highest BCUT2D eigenvalue weighted by atomic mass is 14.2. The molecule has 0 bridgehead atoms. The van der Waals surface area contributed by atoms with Crippen molar-refractivity contribution in [2.75, 3.05) is 0 Å². The van der Waals surface area contributed by atoms with Gasteiger partial charge in [-0.25, -0.2) is 0 Å². The lowest BCUT2D eigenvalue weighted by atomic mass is 10.0. The average Bonchev–Trinajstić information content (AvgIpc) is 3.15. The van der Waals surface area contributed by atoms with E-state index in [2.05, 4.69) is 84.9 Å². The molecule has 6 rings (SSSR count). The van der Waals surface area contributed by atoms with Gasteiger partial charge in [0.1, 0.15) is 0 Å². The molecule has 0 atom stereocenters. The second kappa shape index (κ2) is 4.24. The quantitative estimate of drug-likeness (QED) is 0.468. The van der Waals surface area contributed by atoms with E-state index in [4.69, 9.17) is 0 Å². The van der Waals surface area contributed by atoms with Crippen LogP contribution in [0.1, 0.15) is 0 Å². The van der Waals surface area contributed by atoms with Crippen LogP contribution in [-0.4, -0.2) is 0 Å². The first-order chi connectivity index (χ1) is 11.9. The Morgan fingerprint density at radius 2 is 1.21 bits per heavy atom. The number of hydrogen-bond donors (Lipinski definition) is 0. The first kappa shape index (κ1) is 12.3. The van der Waals surface area contributed by atoms with Gasteiger partial charge in [0.25, 0.3) is 0 Å². The van der Waals surface area contributed by atoms with E-state index in [9.17, 15) is 0 Å². The standard InChI is InChI=1S/C24H14/c1-2-7-17-12-21-19(11-16(17)6-1)14-23-22(21)13-18-10-9-15-5-3-4-8-20(15)24(18)23/h1-14H. The van der Waals surface area contributed by atoms with Gasteiger partial charge in [-0.05, 0) is 77.9 Å². The van der Waals surface area contributed by atoms with Gasteiger partial charge in [0.2, 0.25) is 0 Å². The van der Waals surface area contributed by atoms with Crippen molar-refractivity contribution >= 4 is 44.8 Å². The molecule has 110 valence electrons. The minimum Gasteiger partial charge on any atom is -0.0616 e. The highest BCUT2D eigenvalue weighted by Gasteiger charge is 2.16. The Hall–Kier alpha value is -3.12. The van der Waals surface area contributed by atoms with Gasteiger partial charge in [0.05, 0.1) is 0 Å². The van der Waals surface area contributed by atoms with E-state index in [1.165, 1.54) is 53.6 Å². The van der Waals surface area contributed by atoms with E-state index in [-0.39, 0.29) is 0 Å². The fourth-order valence-electron chi connectivity index (χ4n) is 4.22.